The molecule has 38 heavy (non-hydrogen) atoms. The summed E-state index contributed by atoms with van der Waals surface area (Å²) in [5.74, 6) is 1.33. The zero-order chi connectivity index (χ0) is 29.7. The SMILES string of the molecule is CC(C)(C)CC(=O)c1ccc(F)cc1.CC(C)C(=O)CC(C)(C)C.COc1ccccc1CCC(C)(C)C. The molecule has 3 nitrogen and oxygen atoms in total. The highest BCUT2D eigenvalue weighted by Gasteiger charge is 2.18. The van der Waals surface area contributed by atoms with Crippen LogP contribution in [0, 0.1) is 28.0 Å². The van der Waals surface area contributed by atoms with E-state index in [1.807, 2.05) is 46.8 Å². The number of aryl methyl sites for hydroxylation is 1. The van der Waals surface area contributed by atoms with Gasteiger partial charge in [0, 0.05) is 24.3 Å². The number of ether oxygens (including phenoxy) is 1. The van der Waals surface area contributed by atoms with Crippen molar-refractivity contribution in [2.45, 2.75) is 102 Å². The smallest absolute Gasteiger partial charge is 0.163 e. The van der Waals surface area contributed by atoms with Crippen LogP contribution in [0.4, 0.5) is 4.39 Å². The molecule has 0 heterocycles. The number of hydrogen-bond acceptors (Lipinski definition) is 3. The van der Waals surface area contributed by atoms with Gasteiger partial charge in [-0.3, -0.25) is 9.59 Å². The molecule has 0 bridgehead atoms. The van der Waals surface area contributed by atoms with E-state index in [9.17, 15) is 14.0 Å². The number of carbonyl (C=O) groups is 2. The van der Waals surface area contributed by atoms with E-state index in [4.69, 9.17) is 4.74 Å². The summed E-state index contributed by atoms with van der Waals surface area (Å²) >= 11 is 0. The number of methoxy groups -OCH3 is 1. The zero-order valence-electron chi connectivity index (χ0n) is 26.1. The molecule has 0 unspecified atom stereocenters. The number of benzene rings is 2. The van der Waals surface area contributed by atoms with Crippen LogP contribution in [0.25, 0.3) is 0 Å². The Kier molecular flexibility index (Phi) is 14.8. The van der Waals surface area contributed by atoms with E-state index >= 15 is 0 Å². The minimum Gasteiger partial charge on any atom is -0.496 e. The van der Waals surface area contributed by atoms with Gasteiger partial charge in [0.15, 0.2) is 5.78 Å². The largest absolute Gasteiger partial charge is 0.496 e. The minimum absolute atomic E-state index is 0.0224. The highest BCUT2D eigenvalue weighted by Crippen LogP contribution is 2.26. The summed E-state index contributed by atoms with van der Waals surface area (Å²) in [6.45, 7) is 23.0. The lowest BCUT2D eigenvalue weighted by molar-refractivity contribution is -0.123. The average molecular weight is 529 g/mol. The summed E-state index contributed by atoms with van der Waals surface area (Å²) in [6.07, 6.45) is 3.46. The fraction of sp³-hybridized carbons (Fsp3) is 0.588. The first-order valence-corrected chi connectivity index (χ1v) is 13.7. The number of Topliss-reactive ketones (excluding diaryl/α,β-unsaturated/α-hetero) is 2. The molecule has 4 heteroatoms. The fourth-order valence-electron chi connectivity index (χ4n) is 3.37. The van der Waals surface area contributed by atoms with Crippen LogP contribution in [0.1, 0.15) is 111 Å². The van der Waals surface area contributed by atoms with Crippen molar-refractivity contribution in [3.63, 3.8) is 0 Å². The maximum absolute atomic E-state index is 12.6. The van der Waals surface area contributed by atoms with Gasteiger partial charge in [-0.1, -0.05) is 94.4 Å². The quantitative estimate of drug-likeness (QED) is 0.336. The Balaban J connectivity index is 0.000000551. The molecular weight excluding hydrogens is 475 g/mol. The second-order valence-electron chi connectivity index (χ2n) is 13.9. The van der Waals surface area contributed by atoms with Crippen molar-refractivity contribution < 1.29 is 18.7 Å². The van der Waals surface area contributed by atoms with Crippen LogP contribution in [0.2, 0.25) is 0 Å². The second kappa shape index (κ2) is 15.8. The summed E-state index contributed by atoms with van der Waals surface area (Å²) in [6, 6.07) is 13.9. The van der Waals surface area contributed by atoms with Crippen LogP contribution in [0.15, 0.2) is 48.5 Å². The normalized spacial score (nSPS) is 11.6. The van der Waals surface area contributed by atoms with Gasteiger partial charge >= 0.3 is 0 Å². The number of hydrogen-bond donors (Lipinski definition) is 0. The monoisotopic (exact) mass is 528 g/mol. The van der Waals surface area contributed by atoms with Crippen molar-refractivity contribution >= 4 is 11.6 Å². The van der Waals surface area contributed by atoms with Crippen LogP contribution >= 0.6 is 0 Å². The standard InChI is InChI=1S/C13H20O.C12H15FO.C9H18O/c1-13(2,3)10-9-11-7-5-6-8-12(11)14-4;1-12(2,3)8-11(14)9-4-6-10(13)7-5-9;1-7(2)8(10)6-9(3,4)5/h5-8H,9-10H2,1-4H3;4-7H,8H2,1-3H3;7H,6H2,1-5H3. The summed E-state index contributed by atoms with van der Waals surface area (Å²) in [7, 11) is 1.73. The third-order valence-electron chi connectivity index (χ3n) is 5.54. The summed E-state index contributed by atoms with van der Waals surface area (Å²) in [5.41, 5.74) is 2.42. The molecule has 0 saturated heterocycles. The van der Waals surface area contributed by atoms with Gasteiger partial charge in [-0.05, 0) is 65.0 Å². The van der Waals surface area contributed by atoms with Crippen molar-refractivity contribution in [1.29, 1.82) is 0 Å². The number of rotatable bonds is 7. The third kappa shape index (κ3) is 17.9. The van der Waals surface area contributed by atoms with Gasteiger partial charge in [0.1, 0.15) is 17.3 Å². The lowest BCUT2D eigenvalue weighted by Gasteiger charge is -2.18. The van der Waals surface area contributed by atoms with Crippen LogP contribution < -0.4 is 4.74 Å². The lowest BCUT2D eigenvalue weighted by atomic mass is 9.87. The van der Waals surface area contributed by atoms with Gasteiger partial charge < -0.3 is 4.74 Å². The Morgan fingerprint density at radius 2 is 1.26 bits per heavy atom. The predicted octanol–water partition coefficient (Wildman–Crippen LogP) is 9.77. The van der Waals surface area contributed by atoms with Gasteiger partial charge in [0.05, 0.1) is 7.11 Å². The Hall–Kier alpha value is -2.49. The molecule has 2 aromatic rings. The molecule has 0 fully saturated rings. The Morgan fingerprint density at radius 3 is 1.66 bits per heavy atom. The lowest BCUT2D eigenvalue weighted by Crippen LogP contribution is -2.16. The van der Waals surface area contributed by atoms with Gasteiger partial charge in [-0.2, -0.15) is 0 Å². The molecule has 0 radical (unpaired) electrons. The number of ketones is 2. The topological polar surface area (TPSA) is 43.4 Å². The number of para-hydroxylation sites is 1. The minimum atomic E-state index is -0.308. The molecule has 0 spiro atoms. The molecule has 0 aliphatic rings. The van der Waals surface area contributed by atoms with E-state index in [0.717, 1.165) is 12.2 Å². The summed E-state index contributed by atoms with van der Waals surface area (Å²) in [5, 5.41) is 0. The molecule has 0 atom stereocenters. The maximum atomic E-state index is 12.6. The third-order valence-corrected chi connectivity index (χ3v) is 5.54. The molecule has 0 amide bonds. The Labute approximate surface area is 232 Å². The average Bonchev–Trinajstić information content (AvgIpc) is 2.76. The van der Waals surface area contributed by atoms with E-state index in [2.05, 4.69) is 53.7 Å². The van der Waals surface area contributed by atoms with E-state index < -0.39 is 0 Å². The van der Waals surface area contributed by atoms with Crippen molar-refractivity contribution in [2.75, 3.05) is 7.11 Å². The first kappa shape index (κ1) is 35.5. The van der Waals surface area contributed by atoms with Crippen molar-refractivity contribution in [1.82, 2.24) is 0 Å². The molecule has 0 aliphatic carbocycles. The molecule has 0 saturated carbocycles. The summed E-state index contributed by atoms with van der Waals surface area (Å²) in [4.78, 5) is 22.8. The molecule has 0 aliphatic heterocycles. The molecule has 0 N–H and O–H groups in total. The van der Waals surface area contributed by atoms with Crippen LogP contribution in [0.3, 0.4) is 0 Å². The Morgan fingerprint density at radius 1 is 0.763 bits per heavy atom. The van der Waals surface area contributed by atoms with E-state index in [1.165, 1.54) is 36.2 Å². The van der Waals surface area contributed by atoms with Crippen LogP contribution in [0.5, 0.6) is 5.75 Å². The van der Waals surface area contributed by atoms with E-state index in [0.29, 0.717) is 29.6 Å². The number of carbonyl (C=O) groups excluding carboxylic acids is 2. The van der Waals surface area contributed by atoms with Crippen LogP contribution in [-0.4, -0.2) is 18.7 Å². The predicted molar refractivity (Wildman–Crippen MR) is 159 cm³/mol. The molecule has 0 aromatic heterocycles. The van der Waals surface area contributed by atoms with Gasteiger partial charge in [-0.25, -0.2) is 4.39 Å². The van der Waals surface area contributed by atoms with Gasteiger partial charge in [0.25, 0.3) is 0 Å². The highest BCUT2D eigenvalue weighted by molar-refractivity contribution is 5.96. The molecule has 2 rings (SSSR count). The molecule has 214 valence electrons. The van der Waals surface area contributed by atoms with Gasteiger partial charge in [0.2, 0.25) is 0 Å². The van der Waals surface area contributed by atoms with Crippen molar-refractivity contribution in [3.05, 3.63) is 65.5 Å². The Bertz CT molecular complexity index is 969. The second-order valence-corrected chi connectivity index (χ2v) is 13.9. The van der Waals surface area contributed by atoms with Crippen molar-refractivity contribution in [2.24, 2.45) is 22.2 Å². The summed E-state index contributed by atoms with van der Waals surface area (Å²) < 4.78 is 17.9. The highest BCUT2D eigenvalue weighted by atomic mass is 19.1. The number of halogens is 1. The van der Waals surface area contributed by atoms with Crippen molar-refractivity contribution in [3.8, 4) is 5.75 Å². The fourth-order valence-corrected chi connectivity index (χ4v) is 3.37. The molecule has 2 aromatic carbocycles. The first-order chi connectivity index (χ1) is 17.2. The van der Waals surface area contributed by atoms with Crippen LogP contribution in [-0.2, 0) is 11.2 Å². The maximum Gasteiger partial charge on any atom is 0.163 e. The molecular formula is C34H53FO3. The zero-order valence-corrected chi connectivity index (χ0v) is 26.1. The van der Waals surface area contributed by atoms with Gasteiger partial charge in [-0.15, -0.1) is 0 Å². The first-order valence-electron chi connectivity index (χ1n) is 13.7. The van der Waals surface area contributed by atoms with E-state index in [-0.39, 0.29) is 28.3 Å². The van der Waals surface area contributed by atoms with E-state index in [1.54, 1.807) is 7.11 Å².